The van der Waals surface area contributed by atoms with Gasteiger partial charge in [0.15, 0.2) is 0 Å². The molecule has 5 heteroatoms. The van der Waals surface area contributed by atoms with Gasteiger partial charge in [0, 0.05) is 6.54 Å². The van der Waals surface area contributed by atoms with E-state index in [0.29, 0.717) is 13.1 Å². The van der Waals surface area contributed by atoms with Crippen LogP contribution in [0.1, 0.15) is 37.5 Å². The van der Waals surface area contributed by atoms with Crippen molar-refractivity contribution in [1.29, 1.82) is 10.5 Å². The molecule has 0 saturated carbocycles. The predicted molar refractivity (Wildman–Crippen MR) is 81.1 cm³/mol. The Morgan fingerprint density at radius 1 is 1.27 bits per heavy atom. The minimum Gasteiger partial charge on any atom is -0.444 e. The average Bonchev–Trinajstić information content (AvgIpc) is 2.87. The quantitative estimate of drug-likeness (QED) is 0.744. The lowest BCUT2D eigenvalue weighted by molar-refractivity contribution is 0.0242. The van der Waals surface area contributed by atoms with E-state index >= 15 is 0 Å². The Labute approximate surface area is 130 Å². The lowest BCUT2D eigenvalue weighted by Gasteiger charge is -2.24. The second-order valence-electron chi connectivity index (χ2n) is 6.10. The number of fused-ring (bicyclic) bond motifs is 1. The summed E-state index contributed by atoms with van der Waals surface area (Å²) in [5.41, 5.74) is 2.26. The van der Waals surface area contributed by atoms with Crippen LogP contribution in [0.15, 0.2) is 23.8 Å². The molecule has 1 aliphatic rings. The molecule has 2 rings (SSSR count). The molecule has 0 unspecified atom stereocenters. The highest BCUT2D eigenvalue weighted by Gasteiger charge is 2.28. The number of amides is 1. The maximum absolute atomic E-state index is 12.2. The standard InChI is InChI=1S/C17H17N3O2/c1-17(2,3)22-16(21)20-10-14-6-4-5-13(15(14)11-20)7-12(8-18)9-19/h4-7H,10-11H2,1-3H3. The SMILES string of the molecule is CC(C)(C)OC(=O)N1Cc2cccc(C=C(C#N)C#N)c2C1. The van der Waals surface area contributed by atoms with E-state index in [0.717, 1.165) is 16.7 Å². The van der Waals surface area contributed by atoms with Gasteiger partial charge in [0.2, 0.25) is 0 Å². The van der Waals surface area contributed by atoms with Crippen molar-refractivity contribution >= 4 is 12.2 Å². The summed E-state index contributed by atoms with van der Waals surface area (Å²) in [6.45, 7) is 6.37. The summed E-state index contributed by atoms with van der Waals surface area (Å²) in [7, 11) is 0. The van der Waals surface area contributed by atoms with Crippen LogP contribution in [0.2, 0.25) is 0 Å². The summed E-state index contributed by atoms with van der Waals surface area (Å²) in [6, 6.07) is 9.34. The summed E-state index contributed by atoms with van der Waals surface area (Å²) >= 11 is 0. The number of nitrogens with zero attached hydrogens (tertiary/aromatic N) is 3. The second-order valence-corrected chi connectivity index (χ2v) is 6.10. The Hall–Kier alpha value is -2.79. The summed E-state index contributed by atoms with van der Waals surface area (Å²) < 4.78 is 5.38. The molecule has 0 N–H and O–H groups in total. The molecule has 112 valence electrons. The van der Waals surface area contributed by atoms with Gasteiger partial charge in [-0.05, 0) is 43.5 Å². The zero-order valence-corrected chi connectivity index (χ0v) is 12.9. The highest BCUT2D eigenvalue weighted by molar-refractivity contribution is 5.71. The zero-order valence-electron chi connectivity index (χ0n) is 12.9. The van der Waals surface area contributed by atoms with Crippen LogP contribution in [0.4, 0.5) is 4.79 Å². The van der Waals surface area contributed by atoms with Gasteiger partial charge in [-0.1, -0.05) is 18.2 Å². The van der Waals surface area contributed by atoms with E-state index in [1.807, 2.05) is 51.1 Å². The maximum atomic E-state index is 12.2. The van der Waals surface area contributed by atoms with Crippen LogP contribution in [0.5, 0.6) is 0 Å². The number of carbonyl (C=O) groups is 1. The number of benzene rings is 1. The van der Waals surface area contributed by atoms with Gasteiger partial charge in [-0.25, -0.2) is 4.79 Å². The molecule has 1 amide bonds. The normalized spacial score (nSPS) is 12.9. The zero-order chi connectivity index (χ0) is 16.3. The number of nitriles is 2. The van der Waals surface area contributed by atoms with E-state index in [-0.39, 0.29) is 11.7 Å². The maximum Gasteiger partial charge on any atom is 0.410 e. The molecule has 1 heterocycles. The van der Waals surface area contributed by atoms with Crippen molar-refractivity contribution in [3.8, 4) is 12.1 Å². The largest absolute Gasteiger partial charge is 0.444 e. The Bertz CT molecular complexity index is 699. The molecular formula is C17H17N3O2. The van der Waals surface area contributed by atoms with Crippen molar-refractivity contribution in [2.75, 3.05) is 0 Å². The fraction of sp³-hybridized carbons (Fsp3) is 0.353. The summed E-state index contributed by atoms with van der Waals surface area (Å²) in [6.07, 6.45) is 1.19. The number of rotatable bonds is 1. The molecule has 0 radical (unpaired) electrons. The van der Waals surface area contributed by atoms with E-state index in [9.17, 15) is 4.79 Å². The number of ether oxygens (including phenoxy) is 1. The van der Waals surface area contributed by atoms with Crippen LogP contribution < -0.4 is 0 Å². The molecule has 0 fully saturated rings. The third-order valence-electron chi connectivity index (χ3n) is 3.21. The number of hydrogen-bond donors (Lipinski definition) is 0. The predicted octanol–water partition coefficient (Wildman–Crippen LogP) is 3.37. The van der Waals surface area contributed by atoms with Crippen LogP contribution in [0.25, 0.3) is 6.08 Å². The first-order valence-electron chi connectivity index (χ1n) is 6.94. The van der Waals surface area contributed by atoms with E-state index in [1.165, 1.54) is 0 Å². The van der Waals surface area contributed by atoms with Crippen molar-refractivity contribution in [3.63, 3.8) is 0 Å². The molecule has 0 aliphatic carbocycles. The van der Waals surface area contributed by atoms with Crippen molar-refractivity contribution in [2.24, 2.45) is 0 Å². The molecule has 0 spiro atoms. The van der Waals surface area contributed by atoms with Crippen LogP contribution in [0.3, 0.4) is 0 Å². The highest BCUT2D eigenvalue weighted by atomic mass is 16.6. The van der Waals surface area contributed by atoms with E-state index < -0.39 is 5.60 Å². The van der Waals surface area contributed by atoms with Gasteiger partial charge in [-0.15, -0.1) is 0 Å². The van der Waals surface area contributed by atoms with Crippen LogP contribution in [0, 0.1) is 22.7 Å². The molecular weight excluding hydrogens is 278 g/mol. The first kappa shape index (κ1) is 15.6. The van der Waals surface area contributed by atoms with E-state index in [2.05, 4.69) is 0 Å². The third-order valence-corrected chi connectivity index (χ3v) is 3.21. The minimum absolute atomic E-state index is 0.0455. The Balaban J connectivity index is 2.26. The molecule has 22 heavy (non-hydrogen) atoms. The monoisotopic (exact) mass is 295 g/mol. The van der Waals surface area contributed by atoms with Gasteiger partial charge in [-0.2, -0.15) is 10.5 Å². The van der Waals surface area contributed by atoms with Crippen LogP contribution >= 0.6 is 0 Å². The van der Waals surface area contributed by atoms with E-state index in [4.69, 9.17) is 15.3 Å². The molecule has 1 aromatic rings. The first-order chi connectivity index (χ1) is 10.3. The van der Waals surface area contributed by atoms with E-state index in [1.54, 1.807) is 11.0 Å². The molecule has 0 saturated heterocycles. The van der Waals surface area contributed by atoms with Crippen molar-refractivity contribution < 1.29 is 9.53 Å². The number of allylic oxidation sites excluding steroid dienone is 1. The minimum atomic E-state index is -0.538. The lowest BCUT2D eigenvalue weighted by Crippen LogP contribution is -2.33. The molecule has 5 nitrogen and oxygen atoms in total. The van der Waals surface area contributed by atoms with Gasteiger partial charge in [0.05, 0.1) is 6.54 Å². The summed E-state index contributed by atoms with van der Waals surface area (Å²) in [5.74, 6) is 0. The smallest absolute Gasteiger partial charge is 0.410 e. The molecule has 0 bridgehead atoms. The van der Waals surface area contributed by atoms with Crippen molar-refractivity contribution in [3.05, 3.63) is 40.5 Å². The van der Waals surface area contributed by atoms with Crippen LogP contribution in [-0.2, 0) is 17.8 Å². The Morgan fingerprint density at radius 3 is 2.55 bits per heavy atom. The topological polar surface area (TPSA) is 77.1 Å². The first-order valence-corrected chi connectivity index (χ1v) is 6.94. The van der Waals surface area contributed by atoms with Gasteiger partial charge in [0.1, 0.15) is 23.3 Å². The third kappa shape index (κ3) is 3.45. The number of hydrogen-bond acceptors (Lipinski definition) is 4. The highest BCUT2D eigenvalue weighted by Crippen LogP contribution is 2.28. The average molecular weight is 295 g/mol. The summed E-state index contributed by atoms with van der Waals surface area (Å²) in [5, 5.41) is 17.8. The Morgan fingerprint density at radius 2 is 1.95 bits per heavy atom. The van der Waals surface area contributed by atoms with Gasteiger partial charge >= 0.3 is 6.09 Å². The van der Waals surface area contributed by atoms with Gasteiger partial charge in [-0.3, -0.25) is 4.90 Å². The summed E-state index contributed by atoms with van der Waals surface area (Å²) in [4.78, 5) is 13.8. The molecule has 1 aliphatic heterocycles. The fourth-order valence-electron chi connectivity index (χ4n) is 2.28. The van der Waals surface area contributed by atoms with Crippen molar-refractivity contribution in [2.45, 2.75) is 39.5 Å². The molecule has 0 atom stereocenters. The number of carbonyl (C=O) groups excluding carboxylic acids is 1. The van der Waals surface area contributed by atoms with Crippen LogP contribution in [-0.4, -0.2) is 16.6 Å². The molecule has 0 aromatic heterocycles. The lowest BCUT2D eigenvalue weighted by atomic mass is 10.0. The fourth-order valence-corrected chi connectivity index (χ4v) is 2.28. The second kappa shape index (κ2) is 5.91. The van der Waals surface area contributed by atoms with Gasteiger partial charge in [0.25, 0.3) is 0 Å². The molecule has 1 aromatic carbocycles. The van der Waals surface area contributed by atoms with Gasteiger partial charge < -0.3 is 4.74 Å². The van der Waals surface area contributed by atoms with Crippen molar-refractivity contribution in [1.82, 2.24) is 4.90 Å². The Kier molecular flexibility index (Phi) is 4.19.